The highest BCUT2D eigenvalue weighted by Crippen LogP contribution is 2.70. The van der Waals surface area contributed by atoms with E-state index in [4.69, 9.17) is 42.6 Å². The number of aliphatic hydroxyl groups excluding tert-OH is 12. The molecule has 0 bridgehead atoms. The fourth-order valence-corrected chi connectivity index (χ4v) is 14.9. The van der Waals surface area contributed by atoms with Gasteiger partial charge in [-0.2, -0.15) is 0 Å². The highest BCUT2D eigenvalue weighted by molar-refractivity contribution is 5.26. The minimum atomic E-state index is -1.75. The largest absolute Gasteiger partial charge is 0.394 e. The Balaban J connectivity index is 0.846. The maximum absolute atomic E-state index is 12.1. The normalized spacial score (nSPS) is 55.5. The van der Waals surface area contributed by atoms with E-state index >= 15 is 0 Å². The Kier molecular flexibility index (Phi) is 16.9. The van der Waals surface area contributed by atoms with Crippen LogP contribution < -0.4 is 0 Å². The number of rotatable bonds is 14. The summed E-state index contributed by atoms with van der Waals surface area (Å²) in [7, 11) is 0. The third-order valence-corrected chi connectivity index (χ3v) is 19.5. The summed E-state index contributed by atoms with van der Waals surface area (Å²) < 4.78 is 54.6. The van der Waals surface area contributed by atoms with Gasteiger partial charge in [-0.25, -0.2) is 0 Å². The fraction of sp³-hybridized carbons (Fsp3) is 0.961. The van der Waals surface area contributed by atoms with Crippen molar-refractivity contribution in [1.82, 2.24) is 0 Å². The van der Waals surface area contributed by atoms with E-state index in [1.165, 1.54) is 19.4 Å². The van der Waals surface area contributed by atoms with E-state index in [1.807, 2.05) is 6.92 Å². The van der Waals surface area contributed by atoms with Gasteiger partial charge in [-0.3, -0.25) is 0 Å². The standard InChI is InChI=1S/C51H84O22/c1-20(19-65-45-39(60)38(59)35(56)30(17-52)69-45)9-14-51(64)21(2)32-29(73-51)16-28-26-8-7-24-15-25(10-12-49(24,5)27(26)11-13-50(28,32)6)68-48-44(72-47-41(62)37(58)34(55)23(4)67-47)42(63)43(31(18-53)70-48)71-46-40(61)36(57)33(54)22(3)66-46/h7,20-23,25-48,52-64H,8-19H2,1-6H3/t20-,21-,22?,23?,25-,26+,27-,28-,29-,30?,31?,32-,33?,34?,35?,36?,37?,38?,39?,40?,41?,42?,43?,44?,45?,46?,47?,48?,49-,50-,51+/m0/s1. The number of fused-ring (bicyclic) bond motifs is 7. The predicted molar refractivity (Wildman–Crippen MR) is 249 cm³/mol. The molecular weight excluding hydrogens is 965 g/mol. The van der Waals surface area contributed by atoms with Gasteiger partial charge in [0.05, 0.1) is 44.2 Å². The monoisotopic (exact) mass is 1050 g/mol. The van der Waals surface area contributed by atoms with Gasteiger partial charge in [0.25, 0.3) is 0 Å². The highest BCUT2D eigenvalue weighted by atomic mass is 16.8. The average Bonchev–Trinajstić information content (AvgIpc) is 3.80. The second kappa shape index (κ2) is 21.8. The molecule has 5 saturated heterocycles. The van der Waals surface area contributed by atoms with Crippen LogP contribution in [-0.2, 0) is 42.6 Å². The lowest BCUT2D eigenvalue weighted by Crippen LogP contribution is -2.66. The zero-order chi connectivity index (χ0) is 52.8. The van der Waals surface area contributed by atoms with Crippen LogP contribution in [-0.4, -0.2) is 227 Å². The first-order chi connectivity index (χ1) is 34.5. The SMILES string of the molecule is CC1OC(OC2C(CO)OC(O[C@H]3CC[C@@]4(C)C(=CC[C@H]5[C@@H]6C[C@@H]7O[C@](O)(CC[C@H](C)COC8OC(CO)C(O)C(O)C8O)[C@@H](C)[C@@H]7[C@@]6(C)CC[C@@H]54)C3)C(OC3OC(C)C(O)C(O)C3O)C2O)C(O)C(O)C1O. The van der Waals surface area contributed by atoms with Crippen LogP contribution in [0.5, 0.6) is 0 Å². The molecule has 0 aromatic rings. The van der Waals surface area contributed by atoms with E-state index in [0.29, 0.717) is 43.4 Å². The number of aliphatic hydroxyl groups is 13. The molecule has 5 heterocycles. The molecule has 9 aliphatic rings. The minimum absolute atomic E-state index is 0.0589. The third-order valence-electron chi connectivity index (χ3n) is 19.5. The van der Waals surface area contributed by atoms with E-state index in [9.17, 15) is 66.4 Å². The van der Waals surface area contributed by atoms with Crippen molar-refractivity contribution in [3.05, 3.63) is 11.6 Å². The fourth-order valence-electron chi connectivity index (χ4n) is 14.9. The van der Waals surface area contributed by atoms with Crippen molar-refractivity contribution in [3.63, 3.8) is 0 Å². The topological polar surface area (TPSA) is 346 Å². The van der Waals surface area contributed by atoms with Crippen molar-refractivity contribution in [2.45, 2.75) is 240 Å². The van der Waals surface area contributed by atoms with Crippen molar-refractivity contribution >= 4 is 0 Å². The summed E-state index contributed by atoms with van der Waals surface area (Å²) in [5.74, 6) is -0.232. The molecule has 8 fully saturated rings. The number of hydrogen-bond donors (Lipinski definition) is 13. The molecule has 0 spiro atoms. The molecule has 3 saturated carbocycles. The molecule has 20 unspecified atom stereocenters. The lowest BCUT2D eigenvalue weighted by atomic mass is 9.47. The first-order valence-electron chi connectivity index (χ1n) is 26.8. The van der Waals surface area contributed by atoms with Crippen LogP contribution >= 0.6 is 0 Å². The maximum Gasteiger partial charge on any atom is 0.187 e. The first-order valence-corrected chi connectivity index (χ1v) is 26.8. The van der Waals surface area contributed by atoms with E-state index in [0.717, 1.165) is 32.1 Å². The Hall–Kier alpha value is -1.14. The Morgan fingerprint density at radius 1 is 0.644 bits per heavy atom. The van der Waals surface area contributed by atoms with E-state index < -0.39 is 148 Å². The molecule has 0 amide bonds. The molecule has 4 aliphatic carbocycles. The Morgan fingerprint density at radius 3 is 1.86 bits per heavy atom. The molecule has 0 radical (unpaired) electrons. The Morgan fingerprint density at radius 2 is 1.23 bits per heavy atom. The lowest BCUT2D eigenvalue weighted by molar-refractivity contribution is -0.388. The summed E-state index contributed by atoms with van der Waals surface area (Å²) in [5.41, 5.74) is 1.07. The van der Waals surface area contributed by atoms with Crippen LogP contribution in [0.3, 0.4) is 0 Å². The quantitative estimate of drug-likeness (QED) is 0.0839. The molecule has 13 N–H and O–H groups in total. The van der Waals surface area contributed by atoms with E-state index in [1.54, 1.807) is 0 Å². The minimum Gasteiger partial charge on any atom is -0.394 e. The average molecular weight is 1050 g/mol. The van der Waals surface area contributed by atoms with Crippen molar-refractivity contribution in [2.75, 3.05) is 19.8 Å². The first kappa shape index (κ1) is 56.6. The Labute approximate surface area is 426 Å². The van der Waals surface area contributed by atoms with Crippen LogP contribution in [0, 0.1) is 46.3 Å². The van der Waals surface area contributed by atoms with Gasteiger partial charge in [0.15, 0.2) is 30.9 Å². The lowest BCUT2D eigenvalue weighted by Gasteiger charge is -2.58. The van der Waals surface area contributed by atoms with Crippen LogP contribution in [0.4, 0.5) is 0 Å². The van der Waals surface area contributed by atoms with Crippen LogP contribution in [0.1, 0.15) is 99.3 Å². The summed E-state index contributed by atoms with van der Waals surface area (Å²) in [6, 6.07) is 0. The summed E-state index contributed by atoms with van der Waals surface area (Å²) in [5, 5.41) is 139. The molecule has 0 aromatic carbocycles. The van der Waals surface area contributed by atoms with Crippen LogP contribution in [0.15, 0.2) is 11.6 Å². The molecule has 22 heteroatoms. The van der Waals surface area contributed by atoms with Gasteiger partial charge in [0.2, 0.25) is 0 Å². The van der Waals surface area contributed by atoms with Crippen molar-refractivity contribution in [2.24, 2.45) is 46.3 Å². The summed E-state index contributed by atoms with van der Waals surface area (Å²) in [4.78, 5) is 0. The zero-order valence-corrected chi connectivity index (χ0v) is 42.7. The second-order valence-corrected chi connectivity index (χ2v) is 23.8. The van der Waals surface area contributed by atoms with E-state index in [2.05, 4.69) is 26.8 Å². The third kappa shape index (κ3) is 10.2. The molecule has 5 aliphatic heterocycles. The van der Waals surface area contributed by atoms with Gasteiger partial charge in [0.1, 0.15) is 85.5 Å². The van der Waals surface area contributed by atoms with Gasteiger partial charge in [0, 0.05) is 12.3 Å². The summed E-state index contributed by atoms with van der Waals surface area (Å²) in [6.07, 6.45) is -20.5. The van der Waals surface area contributed by atoms with Crippen molar-refractivity contribution in [3.8, 4) is 0 Å². The molecule has 22 nitrogen and oxygen atoms in total. The highest BCUT2D eigenvalue weighted by Gasteiger charge is 2.68. The van der Waals surface area contributed by atoms with Gasteiger partial charge in [-0.1, -0.05) is 39.3 Å². The smallest absolute Gasteiger partial charge is 0.187 e. The Bertz CT molecular complexity index is 1900. The number of ether oxygens (including phenoxy) is 9. The zero-order valence-electron chi connectivity index (χ0n) is 42.7. The van der Waals surface area contributed by atoms with Crippen molar-refractivity contribution < 1.29 is 109 Å². The summed E-state index contributed by atoms with van der Waals surface area (Å²) >= 11 is 0. The maximum atomic E-state index is 12.1. The predicted octanol–water partition coefficient (Wildman–Crippen LogP) is -1.98. The van der Waals surface area contributed by atoms with Crippen LogP contribution in [0.25, 0.3) is 0 Å². The molecule has 0 aromatic heterocycles. The van der Waals surface area contributed by atoms with Gasteiger partial charge in [-0.15, -0.1) is 0 Å². The molecule has 73 heavy (non-hydrogen) atoms. The van der Waals surface area contributed by atoms with Crippen molar-refractivity contribution in [1.29, 1.82) is 0 Å². The molecular formula is C51H84O22. The summed E-state index contributed by atoms with van der Waals surface area (Å²) in [6.45, 7) is 10.7. The molecule has 9 rings (SSSR count). The number of allylic oxidation sites excluding steroid dienone is 1. The van der Waals surface area contributed by atoms with Crippen LogP contribution in [0.2, 0.25) is 0 Å². The van der Waals surface area contributed by atoms with Gasteiger partial charge in [-0.05, 0) is 106 Å². The van der Waals surface area contributed by atoms with Gasteiger partial charge < -0.3 is 109 Å². The molecule has 31 atom stereocenters. The number of hydrogen-bond acceptors (Lipinski definition) is 22. The van der Waals surface area contributed by atoms with E-state index in [-0.39, 0.29) is 41.3 Å². The molecule has 420 valence electrons. The second-order valence-electron chi connectivity index (χ2n) is 23.8. The van der Waals surface area contributed by atoms with Gasteiger partial charge >= 0.3 is 0 Å².